The number of carbonyl (C=O) groups excluding carboxylic acids is 2. The maximum absolute atomic E-state index is 13.2. The topological polar surface area (TPSA) is 79.0 Å². The van der Waals surface area contributed by atoms with Crippen LogP contribution in [0.1, 0.15) is 76.3 Å². The first-order valence-electron chi connectivity index (χ1n) is 10.9. The van der Waals surface area contributed by atoms with Crippen molar-refractivity contribution >= 4 is 33.9 Å². The number of hydrogen-bond acceptors (Lipinski definition) is 5. The minimum Gasteiger partial charge on any atom is -0.339 e. The Labute approximate surface area is 186 Å². The summed E-state index contributed by atoms with van der Waals surface area (Å²) in [5, 5.41) is 9.08. The Balaban J connectivity index is 1.33. The molecule has 1 spiro atoms. The Morgan fingerprint density at radius 3 is 2.65 bits per heavy atom. The van der Waals surface area contributed by atoms with Gasteiger partial charge in [0, 0.05) is 40.8 Å². The van der Waals surface area contributed by atoms with Crippen LogP contribution in [0.2, 0.25) is 0 Å². The summed E-state index contributed by atoms with van der Waals surface area (Å²) in [6.45, 7) is 9.80. The molecular weight excluding hydrogens is 408 g/mol. The van der Waals surface area contributed by atoms with Crippen molar-refractivity contribution in [1.29, 1.82) is 0 Å². The van der Waals surface area contributed by atoms with Gasteiger partial charge in [-0.3, -0.25) is 14.7 Å². The molecule has 1 aromatic carbocycles. The lowest BCUT2D eigenvalue weighted by molar-refractivity contribution is 0.0522. The molecule has 2 aromatic heterocycles. The second kappa shape index (κ2) is 6.99. The van der Waals surface area contributed by atoms with E-state index in [0.717, 1.165) is 45.6 Å². The van der Waals surface area contributed by atoms with Gasteiger partial charge < -0.3 is 4.90 Å². The lowest BCUT2D eigenvalue weighted by Gasteiger charge is -2.43. The number of carbonyl (C=O) groups is 2. The van der Waals surface area contributed by atoms with Crippen LogP contribution >= 0.6 is 11.3 Å². The Bertz CT molecular complexity index is 1190. The van der Waals surface area contributed by atoms with Gasteiger partial charge in [-0.2, -0.15) is 5.10 Å². The second-order valence-electron chi connectivity index (χ2n) is 10.2. The van der Waals surface area contributed by atoms with Crippen LogP contribution in [-0.4, -0.2) is 44.9 Å². The average Bonchev–Trinajstić information content (AvgIpc) is 3.35. The van der Waals surface area contributed by atoms with Gasteiger partial charge in [0.05, 0.1) is 16.7 Å². The molecule has 0 unspecified atom stereocenters. The van der Waals surface area contributed by atoms with Gasteiger partial charge in [0.1, 0.15) is 5.69 Å². The van der Waals surface area contributed by atoms with E-state index in [0.29, 0.717) is 30.8 Å². The van der Waals surface area contributed by atoms with Crippen LogP contribution in [0.3, 0.4) is 0 Å². The third-order valence-corrected chi connectivity index (χ3v) is 8.26. The molecule has 0 saturated carbocycles. The van der Waals surface area contributed by atoms with Gasteiger partial charge in [-0.1, -0.05) is 20.8 Å². The minimum absolute atomic E-state index is 0.0347. The molecule has 0 atom stereocenters. The summed E-state index contributed by atoms with van der Waals surface area (Å²) in [6, 6.07) is 3.86. The van der Waals surface area contributed by atoms with E-state index in [1.807, 2.05) is 24.0 Å². The number of piperidine rings is 1. The van der Waals surface area contributed by atoms with E-state index in [4.69, 9.17) is 0 Å². The molecule has 0 radical (unpaired) electrons. The fraction of sp³-hybridized carbons (Fsp3) is 0.500. The zero-order valence-corrected chi connectivity index (χ0v) is 19.4. The van der Waals surface area contributed by atoms with E-state index in [1.165, 1.54) is 0 Å². The van der Waals surface area contributed by atoms with E-state index < -0.39 is 0 Å². The van der Waals surface area contributed by atoms with Gasteiger partial charge in [0.15, 0.2) is 5.78 Å². The number of thiazole rings is 1. The van der Waals surface area contributed by atoms with E-state index >= 15 is 0 Å². The molecule has 1 N–H and O–H groups in total. The smallest absolute Gasteiger partial charge is 0.253 e. The molecular formula is C24H28N4O2S. The van der Waals surface area contributed by atoms with Crippen molar-refractivity contribution in [2.24, 2.45) is 5.41 Å². The number of likely N-dealkylation sites (tertiary alicyclic amines) is 1. The molecule has 1 aliphatic heterocycles. The number of rotatable bonds is 1. The highest BCUT2D eigenvalue weighted by atomic mass is 32.1. The number of benzene rings is 1. The molecule has 1 amide bonds. The molecule has 6 nitrogen and oxygen atoms in total. The highest BCUT2D eigenvalue weighted by Crippen LogP contribution is 2.46. The van der Waals surface area contributed by atoms with Crippen molar-refractivity contribution in [3.63, 3.8) is 0 Å². The summed E-state index contributed by atoms with van der Waals surface area (Å²) in [7, 11) is 0. The van der Waals surface area contributed by atoms with E-state index in [9.17, 15) is 9.59 Å². The van der Waals surface area contributed by atoms with Crippen LogP contribution in [0.15, 0.2) is 18.3 Å². The number of fused-ring (bicyclic) bond motifs is 2. The fourth-order valence-corrected chi connectivity index (χ4v) is 6.23. The van der Waals surface area contributed by atoms with Crippen LogP contribution < -0.4 is 0 Å². The first kappa shape index (κ1) is 20.4. The second-order valence-corrected chi connectivity index (χ2v) is 11.3. The number of hydrogen-bond donors (Lipinski definition) is 1. The molecule has 2 aliphatic rings. The lowest BCUT2D eigenvalue weighted by Crippen LogP contribution is -2.46. The number of ketones is 1. The predicted molar refractivity (Wildman–Crippen MR) is 122 cm³/mol. The fourth-order valence-electron chi connectivity index (χ4n) is 4.92. The van der Waals surface area contributed by atoms with Crippen molar-refractivity contribution in [1.82, 2.24) is 20.1 Å². The van der Waals surface area contributed by atoms with E-state index in [2.05, 4.69) is 36.0 Å². The molecule has 7 heteroatoms. The molecule has 1 aliphatic carbocycles. The first-order valence-corrected chi connectivity index (χ1v) is 11.7. The number of H-pyrrole nitrogens is 1. The van der Waals surface area contributed by atoms with Gasteiger partial charge in [0.25, 0.3) is 5.91 Å². The molecule has 1 saturated heterocycles. The predicted octanol–water partition coefficient (Wildman–Crippen LogP) is 4.68. The Hall–Kier alpha value is -2.54. The van der Waals surface area contributed by atoms with Crippen molar-refractivity contribution in [3.05, 3.63) is 45.0 Å². The standard InChI is InChI=1S/C24H28N4O2S/c1-14-9-15(10-16-13-25-27-19(14)16)21(30)28-7-5-24(6-8-28)11-17(29)20-18(12-24)31-22(26-20)23(2,3)4/h9-10,13H,5-8,11-12H2,1-4H3,(H,25,27). The lowest BCUT2D eigenvalue weighted by atomic mass is 9.68. The van der Waals surface area contributed by atoms with Gasteiger partial charge in [0.2, 0.25) is 0 Å². The number of aryl methyl sites for hydroxylation is 1. The molecule has 162 valence electrons. The first-order chi connectivity index (χ1) is 14.7. The van der Waals surface area contributed by atoms with Crippen molar-refractivity contribution in [3.8, 4) is 0 Å². The Morgan fingerprint density at radius 1 is 1.19 bits per heavy atom. The largest absolute Gasteiger partial charge is 0.339 e. The molecule has 5 rings (SSSR count). The van der Waals surface area contributed by atoms with Gasteiger partial charge in [-0.05, 0) is 49.3 Å². The number of Topliss-reactive ketones (excluding diaryl/α,β-unsaturated/α-hetero) is 1. The summed E-state index contributed by atoms with van der Waals surface area (Å²) < 4.78 is 0. The number of aromatic nitrogens is 3. The Morgan fingerprint density at radius 2 is 1.94 bits per heavy atom. The number of nitrogens with zero attached hydrogens (tertiary/aromatic N) is 3. The van der Waals surface area contributed by atoms with Crippen molar-refractivity contribution in [2.45, 2.75) is 58.8 Å². The number of nitrogens with one attached hydrogen (secondary N) is 1. The van der Waals surface area contributed by atoms with Gasteiger partial charge in [-0.25, -0.2) is 4.98 Å². The van der Waals surface area contributed by atoms with Crippen LogP contribution in [0.25, 0.3) is 10.9 Å². The number of amides is 1. The molecule has 31 heavy (non-hydrogen) atoms. The number of aromatic amines is 1. The van der Waals surface area contributed by atoms with Crippen LogP contribution in [0, 0.1) is 12.3 Å². The minimum atomic E-state index is -0.0422. The SMILES string of the molecule is Cc1cc(C(=O)N2CCC3(CC2)CC(=O)c2nc(C(C)(C)C)sc2C3)cc2cn[nH]c12. The Kier molecular flexibility index (Phi) is 4.59. The summed E-state index contributed by atoms with van der Waals surface area (Å²) in [6.07, 6.45) is 4.94. The summed E-state index contributed by atoms with van der Waals surface area (Å²) in [4.78, 5) is 33.9. The van der Waals surface area contributed by atoms with Gasteiger partial charge in [-0.15, -0.1) is 11.3 Å². The maximum atomic E-state index is 13.2. The van der Waals surface area contributed by atoms with Crippen LogP contribution in [0.4, 0.5) is 0 Å². The molecule has 1 fully saturated rings. The molecule has 3 heterocycles. The summed E-state index contributed by atoms with van der Waals surface area (Å²) in [5.74, 6) is 0.241. The zero-order valence-electron chi connectivity index (χ0n) is 18.5. The zero-order chi connectivity index (χ0) is 22.0. The summed E-state index contributed by atoms with van der Waals surface area (Å²) >= 11 is 1.70. The van der Waals surface area contributed by atoms with Crippen LogP contribution in [0.5, 0.6) is 0 Å². The quantitative estimate of drug-likeness (QED) is 0.601. The monoisotopic (exact) mass is 436 g/mol. The normalized spacial score (nSPS) is 18.6. The third-order valence-electron chi connectivity index (χ3n) is 6.78. The summed E-state index contributed by atoms with van der Waals surface area (Å²) in [5.41, 5.74) is 3.33. The van der Waals surface area contributed by atoms with Crippen LogP contribution in [-0.2, 0) is 11.8 Å². The highest BCUT2D eigenvalue weighted by Gasteiger charge is 2.43. The van der Waals surface area contributed by atoms with Crippen molar-refractivity contribution < 1.29 is 9.59 Å². The van der Waals surface area contributed by atoms with Gasteiger partial charge >= 0.3 is 0 Å². The highest BCUT2D eigenvalue weighted by molar-refractivity contribution is 7.12. The van der Waals surface area contributed by atoms with E-state index in [1.54, 1.807) is 17.5 Å². The van der Waals surface area contributed by atoms with E-state index in [-0.39, 0.29) is 22.5 Å². The van der Waals surface area contributed by atoms with Crippen molar-refractivity contribution in [2.75, 3.05) is 13.1 Å². The molecule has 0 bridgehead atoms. The third kappa shape index (κ3) is 3.49. The molecule has 3 aromatic rings. The average molecular weight is 437 g/mol. The maximum Gasteiger partial charge on any atom is 0.253 e.